The number of nitrogens with zero attached hydrogens (tertiary/aromatic N) is 1. The van der Waals surface area contributed by atoms with Crippen LogP contribution in [0.4, 0.5) is 0 Å². The molecule has 0 aromatic heterocycles. The van der Waals surface area contributed by atoms with Gasteiger partial charge in [-0.3, -0.25) is 0 Å². The second-order valence-corrected chi connectivity index (χ2v) is 9.15. The maximum absolute atomic E-state index is 10.1. The van der Waals surface area contributed by atoms with Gasteiger partial charge in [0.05, 0.1) is 11.8 Å². The first-order chi connectivity index (χ1) is 11.4. The fourth-order valence-electron chi connectivity index (χ4n) is 6.82. The van der Waals surface area contributed by atoms with Crippen LogP contribution in [0.2, 0.25) is 0 Å². The van der Waals surface area contributed by atoms with E-state index in [1.54, 1.807) is 0 Å². The number of aliphatic hydroxyl groups is 1. The fourth-order valence-corrected chi connectivity index (χ4v) is 6.82. The van der Waals surface area contributed by atoms with Crippen LogP contribution in [0.25, 0.3) is 0 Å². The van der Waals surface area contributed by atoms with Gasteiger partial charge in [0.2, 0.25) is 0 Å². The molecule has 0 saturated heterocycles. The van der Waals surface area contributed by atoms with Crippen LogP contribution in [0.3, 0.4) is 0 Å². The maximum Gasteiger partial charge on any atom is 0.0799 e. The number of aliphatic hydroxyl groups excluding tert-OH is 1. The third kappa shape index (κ3) is 2.09. The highest BCUT2D eigenvalue weighted by atomic mass is 16.4. The number of oxime groups is 1. The third-order valence-corrected chi connectivity index (χ3v) is 8.20. The molecule has 6 unspecified atom stereocenters. The van der Waals surface area contributed by atoms with Crippen LogP contribution in [0.15, 0.2) is 28.5 Å². The summed E-state index contributed by atoms with van der Waals surface area (Å²) in [6.07, 6.45) is 12.4. The van der Waals surface area contributed by atoms with Crippen molar-refractivity contribution in [2.45, 2.75) is 71.8 Å². The number of rotatable bonds is 1. The van der Waals surface area contributed by atoms with Gasteiger partial charge in [0, 0.05) is 0 Å². The summed E-state index contributed by atoms with van der Waals surface area (Å²) in [5.74, 6) is 2.15. The van der Waals surface area contributed by atoms with Crippen LogP contribution in [0.1, 0.15) is 65.7 Å². The maximum atomic E-state index is 10.1. The molecule has 0 aromatic carbocycles. The van der Waals surface area contributed by atoms with Crippen molar-refractivity contribution in [2.75, 3.05) is 0 Å². The van der Waals surface area contributed by atoms with Gasteiger partial charge in [0.15, 0.2) is 0 Å². The molecule has 0 aliphatic heterocycles. The average Bonchev–Trinajstić information content (AvgIpc) is 2.92. The van der Waals surface area contributed by atoms with Crippen LogP contribution in [0.5, 0.6) is 0 Å². The molecule has 0 aromatic rings. The molecule has 0 bridgehead atoms. The quantitative estimate of drug-likeness (QED) is 0.317. The molecule has 0 radical (unpaired) electrons. The number of allylic oxidation sites excluding steroid dienone is 3. The van der Waals surface area contributed by atoms with Gasteiger partial charge in [0.25, 0.3) is 0 Å². The zero-order valence-electron chi connectivity index (χ0n) is 15.3. The van der Waals surface area contributed by atoms with E-state index >= 15 is 0 Å². The van der Waals surface area contributed by atoms with Crippen molar-refractivity contribution in [3.8, 4) is 0 Å². The number of fused-ring (bicyclic) bond motifs is 5. The van der Waals surface area contributed by atoms with E-state index in [4.69, 9.17) is 0 Å². The molecular weight excluding hydrogens is 298 g/mol. The van der Waals surface area contributed by atoms with Crippen molar-refractivity contribution in [1.82, 2.24) is 0 Å². The molecule has 4 aliphatic rings. The smallest absolute Gasteiger partial charge is 0.0799 e. The van der Waals surface area contributed by atoms with Gasteiger partial charge in [0.1, 0.15) is 0 Å². The molecule has 3 nitrogen and oxygen atoms in total. The van der Waals surface area contributed by atoms with Crippen molar-refractivity contribution in [2.24, 2.45) is 33.7 Å². The molecule has 24 heavy (non-hydrogen) atoms. The Morgan fingerprint density at radius 1 is 1.08 bits per heavy atom. The summed E-state index contributed by atoms with van der Waals surface area (Å²) in [6.45, 7) is 6.80. The lowest BCUT2D eigenvalue weighted by Crippen LogP contribution is -2.50. The van der Waals surface area contributed by atoms with Crippen molar-refractivity contribution < 1.29 is 10.3 Å². The molecule has 4 rings (SSSR count). The van der Waals surface area contributed by atoms with Crippen molar-refractivity contribution in [3.63, 3.8) is 0 Å². The van der Waals surface area contributed by atoms with Gasteiger partial charge in [-0.2, -0.15) is 0 Å². The van der Waals surface area contributed by atoms with E-state index in [9.17, 15) is 10.3 Å². The molecule has 2 fully saturated rings. The second-order valence-electron chi connectivity index (χ2n) is 9.15. The minimum atomic E-state index is -0.127. The Morgan fingerprint density at radius 2 is 1.83 bits per heavy atom. The van der Waals surface area contributed by atoms with Crippen LogP contribution in [-0.2, 0) is 0 Å². The Bertz CT molecular complexity index is 634. The van der Waals surface area contributed by atoms with E-state index in [0.717, 1.165) is 43.2 Å². The van der Waals surface area contributed by atoms with Gasteiger partial charge in [-0.25, -0.2) is 0 Å². The number of hydrogen-bond acceptors (Lipinski definition) is 3. The first-order valence-electron chi connectivity index (χ1n) is 9.67. The van der Waals surface area contributed by atoms with Crippen LogP contribution in [-0.4, -0.2) is 22.1 Å². The largest absolute Gasteiger partial charge is 0.411 e. The first-order valence-corrected chi connectivity index (χ1v) is 9.67. The van der Waals surface area contributed by atoms with E-state index in [1.807, 2.05) is 6.92 Å². The molecule has 4 aliphatic carbocycles. The molecular formula is C21H31NO2. The van der Waals surface area contributed by atoms with Gasteiger partial charge in [-0.05, 0) is 86.0 Å². The molecule has 6 atom stereocenters. The lowest BCUT2D eigenvalue weighted by Gasteiger charge is -2.57. The molecule has 0 spiro atoms. The Kier molecular flexibility index (Phi) is 3.72. The highest BCUT2D eigenvalue weighted by Crippen LogP contribution is 2.65. The van der Waals surface area contributed by atoms with Gasteiger partial charge < -0.3 is 10.3 Å². The summed E-state index contributed by atoms with van der Waals surface area (Å²) in [5, 5.41) is 22.9. The van der Waals surface area contributed by atoms with Gasteiger partial charge in [-0.1, -0.05) is 36.7 Å². The standard InChI is InChI=1S/C21H31NO2/c1-13(22-24)17-6-7-18-16-5-4-14-12-15(23)8-10-20(14,2)19(16)9-11-21(17,18)3/h4,6,15-16,18-19,23-24H,5,7-12H2,1-3H3/b22-13+. The van der Waals surface area contributed by atoms with Crippen molar-refractivity contribution in [3.05, 3.63) is 23.3 Å². The lowest BCUT2D eigenvalue weighted by molar-refractivity contribution is -0.0280. The van der Waals surface area contributed by atoms with Crippen molar-refractivity contribution in [1.29, 1.82) is 0 Å². The fraction of sp³-hybridized carbons (Fsp3) is 0.762. The predicted molar refractivity (Wildman–Crippen MR) is 96.1 cm³/mol. The molecule has 2 saturated carbocycles. The first kappa shape index (κ1) is 16.4. The average molecular weight is 329 g/mol. The summed E-state index contributed by atoms with van der Waals surface area (Å²) in [5.41, 5.74) is 4.09. The highest BCUT2D eigenvalue weighted by Gasteiger charge is 2.56. The zero-order chi connectivity index (χ0) is 17.1. The normalized spacial score (nSPS) is 48.1. The molecule has 3 heteroatoms. The SMILES string of the molecule is C/C(=N\O)C1=CCC2C3CC=C4CC(O)CCC4(C)C3CCC12C. The van der Waals surface area contributed by atoms with Gasteiger partial charge >= 0.3 is 0 Å². The van der Waals surface area contributed by atoms with E-state index in [1.165, 1.54) is 30.4 Å². The summed E-state index contributed by atoms with van der Waals surface area (Å²) >= 11 is 0. The van der Waals surface area contributed by atoms with E-state index in [-0.39, 0.29) is 11.5 Å². The topological polar surface area (TPSA) is 52.8 Å². The summed E-state index contributed by atoms with van der Waals surface area (Å²) in [4.78, 5) is 0. The Labute approximate surface area is 145 Å². The molecule has 0 amide bonds. The van der Waals surface area contributed by atoms with Crippen LogP contribution < -0.4 is 0 Å². The summed E-state index contributed by atoms with van der Waals surface area (Å²) in [7, 11) is 0. The predicted octanol–water partition coefficient (Wildman–Crippen LogP) is 4.70. The Hall–Kier alpha value is -1.09. The van der Waals surface area contributed by atoms with Crippen molar-refractivity contribution >= 4 is 5.71 Å². The monoisotopic (exact) mass is 329 g/mol. The van der Waals surface area contributed by atoms with Gasteiger partial charge in [-0.15, -0.1) is 0 Å². The Morgan fingerprint density at radius 3 is 2.58 bits per heavy atom. The van der Waals surface area contributed by atoms with E-state index in [2.05, 4.69) is 31.2 Å². The minimum absolute atomic E-state index is 0.127. The third-order valence-electron chi connectivity index (χ3n) is 8.20. The summed E-state index contributed by atoms with van der Waals surface area (Å²) < 4.78 is 0. The second kappa shape index (κ2) is 5.45. The zero-order valence-corrected chi connectivity index (χ0v) is 15.3. The number of hydrogen-bond donors (Lipinski definition) is 2. The lowest BCUT2D eigenvalue weighted by atomic mass is 9.47. The highest BCUT2D eigenvalue weighted by molar-refractivity contribution is 5.99. The minimum Gasteiger partial charge on any atom is -0.411 e. The van der Waals surface area contributed by atoms with Crippen LogP contribution >= 0.6 is 0 Å². The van der Waals surface area contributed by atoms with E-state index < -0.39 is 0 Å². The van der Waals surface area contributed by atoms with Crippen LogP contribution in [0, 0.1) is 28.6 Å². The Balaban J connectivity index is 1.66. The summed E-state index contributed by atoms with van der Waals surface area (Å²) in [6, 6.07) is 0. The molecule has 2 N–H and O–H groups in total. The van der Waals surface area contributed by atoms with E-state index in [0.29, 0.717) is 11.3 Å². The molecule has 132 valence electrons. The molecule has 0 heterocycles.